The van der Waals surface area contributed by atoms with Crippen LogP contribution in [-0.4, -0.2) is 6.54 Å². The Hall–Kier alpha value is -0.300. The summed E-state index contributed by atoms with van der Waals surface area (Å²) in [5.41, 5.74) is 7.93. The van der Waals surface area contributed by atoms with Crippen LogP contribution in [0, 0.1) is 17.3 Å². The zero-order valence-electron chi connectivity index (χ0n) is 8.14. The second-order valence-electron chi connectivity index (χ2n) is 4.63. The summed E-state index contributed by atoms with van der Waals surface area (Å²) in [5.74, 6) is 1.78. The van der Waals surface area contributed by atoms with Gasteiger partial charge in [-0.05, 0) is 50.0 Å². The van der Waals surface area contributed by atoms with Gasteiger partial charge in [-0.2, -0.15) is 0 Å². The first-order valence-corrected chi connectivity index (χ1v) is 5.09. The van der Waals surface area contributed by atoms with Gasteiger partial charge in [0.15, 0.2) is 0 Å². The molecule has 0 aromatic heterocycles. The van der Waals surface area contributed by atoms with Gasteiger partial charge in [-0.25, -0.2) is 0 Å². The fourth-order valence-electron chi connectivity index (χ4n) is 3.17. The van der Waals surface area contributed by atoms with Crippen LogP contribution < -0.4 is 5.73 Å². The Morgan fingerprint density at radius 3 is 2.92 bits per heavy atom. The third-order valence-electron chi connectivity index (χ3n) is 4.04. The molecule has 1 nitrogen and oxygen atoms in total. The van der Waals surface area contributed by atoms with E-state index in [2.05, 4.69) is 19.9 Å². The van der Waals surface area contributed by atoms with Crippen molar-refractivity contribution >= 4 is 0 Å². The van der Waals surface area contributed by atoms with Gasteiger partial charge >= 0.3 is 0 Å². The summed E-state index contributed by atoms with van der Waals surface area (Å²) in [5, 5.41) is 0. The molecule has 3 atom stereocenters. The summed E-state index contributed by atoms with van der Waals surface area (Å²) < 4.78 is 0. The highest BCUT2D eigenvalue weighted by atomic mass is 14.7. The van der Waals surface area contributed by atoms with E-state index in [1.165, 1.54) is 19.3 Å². The van der Waals surface area contributed by atoms with Crippen molar-refractivity contribution in [2.24, 2.45) is 23.0 Å². The standard InChI is InChI=1S/C11H19N/c1-3-11(7-12)6-9-4-8(2)5-10(9)11/h5,9-10H,3-4,6-7,12H2,1-2H3. The molecule has 0 aromatic rings. The number of rotatable bonds is 2. The normalized spacial score (nSPS) is 45.1. The molecule has 0 amide bonds. The molecule has 1 saturated carbocycles. The van der Waals surface area contributed by atoms with Gasteiger partial charge in [0, 0.05) is 0 Å². The Labute approximate surface area is 75.0 Å². The summed E-state index contributed by atoms with van der Waals surface area (Å²) >= 11 is 0. The van der Waals surface area contributed by atoms with Crippen molar-refractivity contribution in [1.29, 1.82) is 0 Å². The van der Waals surface area contributed by atoms with Crippen LogP contribution in [0.4, 0.5) is 0 Å². The van der Waals surface area contributed by atoms with Crippen LogP contribution in [0.3, 0.4) is 0 Å². The highest BCUT2D eigenvalue weighted by molar-refractivity contribution is 5.21. The largest absolute Gasteiger partial charge is 0.330 e. The first kappa shape index (κ1) is 8.31. The Kier molecular flexibility index (Phi) is 1.80. The Morgan fingerprint density at radius 1 is 1.67 bits per heavy atom. The van der Waals surface area contributed by atoms with Gasteiger partial charge in [0.2, 0.25) is 0 Å². The second kappa shape index (κ2) is 2.59. The Morgan fingerprint density at radius 2 is 2.42 bits per heavy atom. The lowest BCUT2D eigenvalue weighted by atomic mass is 9.54. The maximum absolute atomic E-state index is 5.85. The average Bonchev–Trinajstić information content (AvgIpc) is 2.35. The average molecular weight is 165 g/mol. The maximum atomic E-state index is 5.85. The number of allylic oxidation sites excluding steroid dienone is 2. The lowest BCUT2D eigenvalue weighted by Crippen LogP contribution is -2.49. The van der Waals surface area contributed by atoms with Gasteiger partial charge in [-0.3, -0.25) is 0 Å². The molecule has 0 aromatic carbocycles. The molecule has 68 valence electrons. The molecule has 0 bridgehead atoms. The van der Waals surface area contributed by atoms with Gasteiger partial charge in [0.25, 0.3) is 0 Å². The zero-order chi connectivity index (χ0) is 8.77. The topological polar surface area (TPSA) is 26.0 Å². The van der Waals surface area contributed by atoms with Crippen LogP contribution in [-0.2, 0) is 0 Å². The first-order valence-electron chi connectivity index (χ1n) is 5.09. The van der Waals surface area contributed by atoms with Crippen molar-refractivity contribution in [3.05, 3.63) is 11.6 Å². The number of hydrogen-bond acceptors (Lipinski definition) is 1. The SMILES string of the molecule is CCC1(CN)CC2CC(C)=CC21. The van der Waals surface area contributed by atoms with Crippen molar-refractivity contribution in [3.63, 3.8) is 0 Å². The van der Waals surface area contributed by atoms with E-state index in [9.17, 15) is 0 Å². The van der Waals surface area contributed by atoms with Gasteiger partial charge in [0.05, 0.1) is 0 Å². The Bertz CT molecular complexity index is 213. The number of hydrogen-bond donors (Lipinski definition) is 1. The molecule has 1 fully saturated rings. The Balaban J connectivity index is 2.14. The van der Waals surface area contributed by atoms with E-state index >= 15 is 0 Å². The maximum Gasteiger partial charge on any atom is -0.00148 e. The van der Waals surface area contributed by atoms with Crippen LogP contribution in [0.15, 0.2) is 11.6 Å². The molecule has 0 heterocycles. The third-order valence-corrected chi connectivity index (χ3v) is 4.04. The molecule has 2 N–H and O–H groups in total. The second-order valence-corrected chi connectivity index (χ2v) is 4.63. The van der Waals surface area contributed by atoms with Gasteiger partial charge < -0.3 is 5.73 Å². The van der Waals surface area contributed by atoms with Crippen molar-refractivity contribution in [2.75, 3.05) is 6.54 Å². The van der Waals surface area contributed by atoms with E-state index in [0.717, 1.165) is 18.4 Å². The fraction of sp³-hybridized carbons (Fsp3) is 0.818. The summed E-state index contributed by atoms with van der Waals surface area (Å²) in [4.78, 5) is 0. The van der Waals surface area contributed by atoms with Gasteiger partial charge in [0.1, 0.15) is 0 Å². The lowest BCUT2D eigenvalue weighted by Gasteiger charge is -2.51. The molecule has 2 rings (SSSR count). The highest BCUT2D eigenvalue weighted by Crippen LogP contribution is 2.58. The smallest absolute Gasteiger partial charge is 0.00148 e. The third kappa shape index (κ3) is 0.891. The number of fused-ring (bicyclic) bond motifs is 1. The monoisotopic (exact) mass is 165 g/mol. The molecule has 3 unspecified atom stereocenters. The zero-order valence-corrected chi connectivity index (χ0v) is 8.14. The van der Waals surface area contributed by atoms with E-state index in [1.54, 1.807) is 5.57 Å². The predicted molar refractivity (Wildman–Crippen MR) is 51.7 cm³/mol. The summed E-state index contributed by atoms with van der Waals surface area (Å²) in [6.07, 6.45) is 6.45. The predicted octanol–water partition coefficient (Wildman–Crippen LogP) is 2.33. The molecule has 1 heteroatoms. The molecule has 2 aliphatic carbocycles. The minimum atomic E-state index is 0.489. The lowest BCUT2D eigenvalue weighted by molar-refractivity contribution is 0.00520. The molecular weight excluding hydrogens is 146 g/mol. The van der Waals surface area contributed by atoms with Crippen molar-refractivity contribution in [1.82, 2.24) is 0 Å². The van der Waals surface area contributed by atoms with E-state index in [-0.39, 0.29) is 0 Å². The molecular formula is C11H19N. The molecule has 0 radical (unpaired) electrons. The van der Waals surface area contributed by atoms with Crippen LogP contribution in [0.25, 0.3) is 0 Å². The van der Waals surface area contributed by atoms with E-state index in [4.69, 9.17) is 5.73 Å². The van der Waals surface area contributed by atoms with Crippen LogP contribution >= 0.6 is 0 Å². The van der Waals surface area contributed by atoms with Crippen molar-refractivity contribution in [2.45, 2.75) is 33.1 Å². The van der Waals surface area contributed by atoms with E-state index in [1.807, 2.05) is 0 Å². The quantitative estimate of drug-likeness (QED) is 0.624. The van der Waals surface area contributed by atoms with E-state index in [0.29, 0.717) is 5.41 Å². The summed E-state index contributed by atoms with van der Waals surface area (Å²) in [7, 11) is 0. The van der Waals surface area contributed by atoms with Crippen molar-refractivity contribution in [3.8, 4) is 0 Å². The molecule has 0 aliphatic heterocycles. The van der Waals surface area contributed by atoms with Crippen LogP contribution in [0.2, 0.25) is 0 Å². The molecule has 2 aliphatic rings. The molecule has 12 heavy (non-hydrogen) atoms. The minimum absolute atomic E-state index is 0.489. The number of nitrogens with two attached hydrogens (primary N) is 1. The minimum Gasteiger partial charge on any atom is -0.330 e. The van der Waals surface area contributed by atoms with Crippen LogP contribution in [0.1, 0.15) is 33.1 Å². The molecule has 0 saturated heterocycles. The van der Waals surface area contributed by atoms with Gasteiger partial charge in [-0.15, -0.1) is 0 Å². The van der Waals surface area contributed by atoms with Crippen LogP contribution in [0.5, 0.6) is 0 Å². The molecule has 0 spiro atoms. The summed E-state index contributed by atoms with van der Waals surface area (Å²) in [6, 6.07) is 0. The van der Waals surface area contributed by atoms with E-state index < -0.39 is 0 Å². The highest BCUT2D eigenvalue weighted by Gasteiger charge is 2.52. The van der Waals surface area contributed by atoms with Gasteiger partial charge in [-0.1, -0.05) is 18.6 Å². The van der Waals surface area contributed by atoms with Crippen molar-refractivity contribution < 1.29 is 0 Å². The first-order chi connectivity index (χ1) is 5.72. The summed E-state index contributed by atoms with van der Waals surface area (Å²) in [6.45, 7) is 5.42. The fourth-order valence-corrected chi connectivity index (χ4v) is 3.17.